The van der Waals surface area contributed by atoms with Crippen molar-refractivity contribution in [3.05, 3.63) is 30.1 Å². The molecule has 2 fully saturated rings. The molecule has 2 saturated heterocycles. The van der Waals surface area contributed by atoms with Gasteiger partial charge in [0, 0.05) is 50.9 Å². The van der Waals surface area contributed by atoms with Crippen LogP contribution in [0, 0.1) is 11.3 Å². The van der Waals surface area contributed by atoms with E-state index >= 15 is 0 Å². The standard InChI is InChI=1S/C16H21N3O3/c1-18-8-13-9-19(11-16(13,10-18)15(21)22)14(20)3-2-12-4-6-17-7-5-12/h4-7,13H,2-3,8-11H2,1H3,(H,21,22)/t13-,16-/m0/s1. The van der Waals surface area contributed by atoms with Crippen molar-refractivity contribution in [1.82, 2.24) is 14.8 Å². The Hall–Kier alpha value is -1.95. The quantitative estimate of drug-likeness (QED) is 0.876. The zero-order chi connectivity index (χ0) is 15.7. The number of carboxylic acid groups (broad SMARTS) is 1. The molecule has 2 aliphatic rings. The smallest absolute Gasteiger partial charge is 0.313 e. The molecule has 118 valence electrons. The lowest BCUT2D eigenvalue weighted by Gasteiger charge is -2.24. The van der Waals surface area contributed by atoms with Gasteiger partial charge in [-0.05, 0) is 31.2 Å². The van der Waals surface area contributed by atoms with Crippen molar-refractivity contribution in [1.29, 1.82) is 0 Å². The lowest BCUT2D eigenvalue weighted by Crippen LogP contribution is -2.41. The van der Waals surface area contributed by atoms with Crippen LogP contribution in [0.4, 0.5) is 0 Å². The molecular weight excluding hydrogens is 282 g/mol. The van der Waals surface area contributed by atoms with Gasteiger partial charge in [0.15, 0.2) is 0 Å². The fourth-order valence-corrected chi connectivity index (χ4v) is 3.77. The van der Waals surface area contributed by atoms with Crippen molar-refractivity contribution in [2.45, 2.75) is 12.8 Å². The van der Waals surface area contributed by atoms with Crippen LogP contribution in [0.5, 0.6) is 0 Å². The van der Waals surface area contributed by atoms with Crippen molar-refractivity contribution in [3.8, 4) is 0 Å². The van der Waals surface area contributed by atoms with Crippen LogP contribution in [0.25, 0.3) is 0 Å². The number of aryl methyl sites for hydroxylation is 1. The molecule has 0 radical (unpaired) electrons. The van der Waals surface area contributed by atoms with Gasteiger partial charge in [-0.25, -0.2) is 0 Å². The minimum Gasteiger partial charge on any atom is -0.481 e. The third kappa shape index (κ3) is 2.59. The Kier molecular flexibility index (Phi) is 3.87. The molecule has 6 nitrogen and oxygen atoms in total. The first kappa shape index (κ1) is 15.0. The number of carbonyl (C=O) groups is 2. The number of hydrogen-bond donors (Lipinski definition) is 1. The lowest BCUT2D eigenvalue weighted by molar-refractivity contribution is -0.149. The summed E-state index contributed by atoms with van der Waals surface area (Å²) >= 11 is 0. The fraction of sp³-hybridized carbons (Fsp3) is 0.562. The summed E-state index contributed by atoms with van der Waals surface area (Å²) in [6.07, 6.45) is 4.52. The summed E-state index contributed by atoms with van der Waals surface area (Å²) in [5.41, 5.74) is 0.302. The van der Waals surface area contributed by atoms with Gasteiger partial charge < -0.3 is 14.9 Å². The molecule has 22 heavy (non-hydrogen) atoms. The Balaban J connectivity index is 1.63. The second-order valence-corrected chi connectivity index (χ2v) is 6.48. The summed E-state index contributed by atoms with van der Waals surface area (Å²) in [7, 11) is 1.94. The molecule has 6 heteroatoms. The van der Waals surface area contributed by atoms with E-state index in [-0.39, 0.29) is 11.8 Å². The van der Waals surface area contributed by atoms with E-state index < -0.39 is 11.4 Å². The predicted octanol–water partition coefficient (Wildman–Crippen LogP) is 0.489. The second kappa shape index (κ2) is 5.68. The molecule has 1 amide bonds. The van der Waals surface area contributed by atoms with E-state index in [9.17, 15) is 14.7 Å². The first-order valence-corrected chi connectivity index (χ1v) is 7.60. The number of fused-ring (bicyclic) bond motifs is 1. The van der Waals surface area contributed by atoms with E-state index in [1.54, 1.807) is 17.3 Å². The van der Waals surface area contributed by atoms with Crippen molar-refractivity contribution >= 4 is 11.9 Å². The van der Waals surface area contributed by atoms with Gasteiger partial charge >= 0.3 is 5.97 Å². The van der Waals surface area contributed by atoms with Gasteiger partial charge in [-0.15, -0.1) is 0 Å². The van der Waals surface area contributed by atoms with Crippen LogP contribution in [-0.2, 0) is 16.0 Å². The van der Waals surface area contributed by atoms with E-state index in [1.807, 2.05) is 19.2 Å². The first-order valence-electron chi connectivity index (χ1n) is 7.60. The molecule has 1 aromatic heterocycles. The molecule has 0 aliphatic carbocycles. The van der Waals surface area contributed by atoms with Crippen LogP contribution in [0.3, 0.4) is 0 Å². The zero-order valence-corrected chi connectivity index (χ0v) is 12.7. The molecule has 0 unspecified atom stereocenters. The number of aliphatic carboxylic acids is 1. The maximum Gasteiger partial charge on any atom is 0.313 e. The van der Waals surface area contributed by atoms with E-state index in [2.05, 4.69) is 9.88 Å². The Labute approximate surface area is 129 Å². The first-order chi connectivity index (χ1) is 10.5. The minimum atomic E-state index is -0.777. The number of pyridine rings is 1. The average Bonchev–Trinajstić information content (AvgIpc) is 2.99. The molecule has 0 aromatic carbocycles. The van der Waals surface area contributed by atoms with Gasteiger partial charge in [-0.1, -0.05) is 0 Å². The average molecular weight is 303 g/mol. The van der Waals surface area contributed by atoms with Gasteiger partial charge in [0.25, 0.3) is 0 Å². The summed E-state index contributed by atoms with van der Waals surface area (Å²) < 4.78 is 0. The Morgan fingerprint density at radius 2 is 2.05 bits per heavy atom. The number of amides is 1. The predicted molar refractivity (Wildman–Crippen MR) is 80.2 cm³/mol. The summed E-state index contributed by atoms with van der Waals surface area (Å²) in [5, 5.41) is 9.63. The molecule has 3 heterocycles. The topological polar surface area (TPSA) is 73.7 Å². The molecule has 0 spiro atoms. The molecule has 1 N–H and O–H groups in total. The lowest BCUT2D eigenvalue weighted by atomic mass is 9.81. The summed E-state index contributed by atoms with van der Waals surface area (Å²) in [6, 6.07) is 3.80. The van der Waals surface area contributed by atoms with E-state index in [0.29, 0.717) is 32.5 Å². The maximum absolute atomic E-state index is 12.4. The van der Waals surface area contributed by atoms with E-state index in [0.717, 1.165) is 12.1 Å². The van der Waals surface area contributed by atoms with Gasteiger partial charge in [0.05, 0.1) is 0 Å². The van der Waals surface area contributed by atoms with Crippen molar-refractivity contribution in [2.75, 3.05) is 33.2 Å². The molecule has 0 bridgehead atoms. The van der Waals surface area contributed by atoms with Gasteiger partial charge in [-0.2, -0.15) is 0 Å². The van der Waals surface area contributed by atoms with Crippen LogP contribution in [0.15, 0.2) is 24.5 Å². The van der Waals surface area contributed by atoms with Crippen LogP contribution in [0.2, 0.25) is 0 Å². The number of rotatable bonds is 4. The summed E-state index contributed by atoms with van der Waals surface area (Å²) in [6.45, 7) is 2.18. The van der Waals surface area contributed by atoms with Crippen molar-refractivity contribution in [3.63, 3.8) is 0 Å². The van der Waals surface area contributed by atoms with Crippen molar-refractivity contribution < 1.29 is 14.7 Å². The highest BCUT2D eigenvalue weighted by Crippen LogP contribution is 2.42. The Morgan fingerprint density at radius 1 is 1.32 bits per heavy atom. The second-order valence-electron chi connectivity index (χ2n) is 6.48. The molecular formula is C16H21N3O3. The Bertz CT molecular complexity index is 577. The van der Waals surface area contributed by atoms with Crippen LogP contribution < -0.4 is 0 Å². The molecule has 2 atom stereocenters. The highest BCUT2D eigenvalue weighted by molar-refractivity contribution is 5.81. The summed E-state index contributed by atoms with van der Waals surface area (Å²) in [5.74, 6) is -0.680. The number of nitrogens with zero attached hydrogens (tertiary/aromatic N) is 3. The summed E-state index contributed by atoms with van der Waals surface area (Å²) in [4.78, 5) is 31.9. The highest BCUT2D eigenvalue weighted by Gasteiger charge is 2.57. The zero-order valence-electron chi connectivity index (χ0n) is 12.7. The monoisotopic (exact) mass is 303 g/mol. The number of likely N-dealkylation sites (tertiary alicyclic amines) is 2. The highest BCUT2D eigenvalue weighted by atomic mass is 16.4. The van der Waals surface area contributed by atoms with Crippen LogP contribution in [0.1, 0.15) is 12.0 Å². The maximum atomic E-state index is 12.4. The molecule has 0 saturated carbocycles. The minimum absolute atomic E-state index is 0.0416. The van der Waals surface area contributed by atoms with Crippen LogP contribution >= 0.6 is 0 Å². The third-order valence-corrected chi connectivity index (χ3v) is 4.93. The molecule has 2 aliphatic heterocycles. The largest absolute Gasteiger partial charge is 0.481 e. The van der Waals surface area contributed by atoms with E-state index in [4.69, 9.17) is 0 Å². The number of aromatic nitrogens is 1. The van der Waals surface area contributed by atoms with Crippen LogP contribution in [-0.4, -0.2) is 65.0 Å². The fourth-order valence-electron chi connectivity index (χ4n) is 3.77. The van der Waals surface area contributed by atoms with Gasteiger partial charge in [0.1, 0.15) is 5.41 Å². The van der Waals surface area contributed by atoms with Gasteiger partial charge in [-0.3, -0.25) is 14.6 Å². The SMILES string of the molecule is CN1C[C@H]2CN(C(=O)CCc3ccncc3)C[C@@]2(C(=O)O)C1. The van der Waals surface area contributed by atoms with E-state index in [1.165, 1.54) is 0 Å². The number of hydrogen-bond acceptors (Lipinski definition) is 4. The third-order valence-electron chi connectivity index (χ3n) is 4.93. The number of carboxylic acids is 1. The number of carbonyl (C=O) groups excluding carboxylic acids is 1. The molecule has 3 rings (SSSR count). The van der Waals surface area contributed by atoms with Crippen molar-refractivity contribution in [2.24, 2.45) is 11.3 Å². The molecule has 1 aromatic rings. The normalized spacial score (nSPS) is 27.9. The van der Waals surface area contributed by atoms with Gasteiger partial charge in [0.2, 0.25) is 5.91 Å². The Morgan fingerprint density at radius 3 is 2.68 bits per heavy atom.